The molecule has 162 valence electrons. The van der Waals surface area contributed by atoms with E-state index < -0.39 is 0 Å². The number of carbonyl (C=O) groups is 1. The van der Waals surface area contributed by atoms with E-state index in [0.29, 0.717) is 18.8 Å². The minimum absolute atomic E-state index is 0.219. The van der Waals surface area contributed by atoms with E-state index in [1.165, 1.54) is 0 Å². The van der Waals surface area contributed by atoms with Gasteiger partial charge >= 0.3 is 0 Å². The molecule has 2 heterocycles. The lowest BCUT2D eigenvalue weighted by atomic mass is 9.95. The van der Waals surface area contributed by atoms with Crippen LogP contribution < -0.4 is 0 Å². The Morgan fingerprint density at radius 2 is 1.72 bits per heavy atom. The van der Waals surface area contributed by atoms with E-state index in [9.17, 15) is 4.79 Å². The summed E-state index contributed by atoms with van der Waals surface area (Å²) >= 11 is 0. The Bertz CT molecular complexity index is 1240. The minimum atomic E-state index is 0.219. The van der Waals surface area contributed by atoms with Crippen molar-refractivity contribution >= 4 is 5.78 Å². The number of carbonyl (C=O) groups excluding carboxylic acids is 1. The van der Waals surface area contributed by atoms with Gasteiger partial charge in [0.05, 0.1) is 12.2 Å². The van der Waals surface area contributed by atoms with Crippen LogP contribution in [-0.2, 0) is 19.4 Å². The van der Waals surface area contributed by atoms with Gasteiger partial charge in [-0.3, -0.25) is 4.79 Å². The van der Waals surface area contributed by atoms with Crippen LogP contribution in [0.4, 0.5) is 0 Å². The van der Waals surface area contributed by atoms with E-state index in [2.05, 4.69) is 50.3 Å². The quantitative estimate of drug-likeness (QED) is 0.454. The average molecular weight is 427 g/mol. The number of imidazole rings is 1. The molecule has 0 spiro atoms. The standard InChI is InChI=1S/C25H26N6O/c1-2-9-23-26-21-14-7-8-15-22(32)24(21)31(23)16-17-10-3-4-11-18(17)19-12-5-6-13-20(19)25-27-29-30-28-25/h3-6,10-13H,2,7-9,14-16H2,1H3,(H,27,28,29,30). The molecule has 0 amide bonds. The zero-order chi connectivity index (χ0) is 21.9. The van der Waals surface area contributed by atoms with Crippen molar-refractivity contribution in [2.24, 2.45) is 0 Å². The number of H-pyrrole nitrogens is 1. The van der Waals surface area contributed by atoms with Crippen LogP contribution in [-0.4, -0.2) is 36.0 Å². The molecular weight excluding hydrogens is 400 g/mol. The van der Waals surface area contributed by atoms with Gasteiger partial charge in [-0.1, -0.05) is 55.5 Å². The van der Waals surface area contributed by atoms with Gasteiger partial charge in [0.15, 0.2) is 5.78 Å². The second-order valence-corrected chi connectivity index (χ2v) is 8.23. The third kappa shape index (κ3) is 3.75. The van der Waals surface area contributed by atoms with Gasteiger partial charge in [-0.15, -0.1) is 10.2 Å². The van der Waals surface area contributed by atoms with Crippen LogP contribution in [0.5, 0.6) is 0 Å². The number of ketones is 1. The van der Waals surface area contributed by atoms with Crippen molar-refractivity contribution in [3.63, 3.8) is 0 Å². The summed E-state index contributed by atoms with van der Waals surface area (Å²) in [4.78, 5) is 17.9. The zero-order valence-electron chi connectivity index (χ0n) is 18.2. The predicted octanol–water partition coefficient (Wildman–Crippen LogP) is 4.64. The van der Waals surface area contributed by atoms with E-state index in [4.69, 9.17) is 4.98 Å². The molecule has 1 aliphatic carbocycles. The van der Waals surface area contributed by atoms with Gasteiger partial charge in [-0.05, 0) is 47.6 Å². The van der Waals surface area contributed by atoms with Crippen molar-refractivity contribution in [1.82, 2.24) is 30.2 Å². The summed E-state index contributed by atoms with van der Waals surface area (Å²) in [5.74, 6) is 1.79. The molecule has 0 atom stereocenters. The predicted molar refractivity (Wildman–Crippen MR) is 122 cm³/mol. The lowest BCUT2D eigenvalue weighted by Crippen LogP contribution is -2.14. The number of tetrazole rings is 1. The molecule has 1 aliphatic rings. The van der Waals surface area contributed by atoms with Crippen LogP contribution in [0.2, 0.25) is 0 Å². The molecular formula is C25H26N6O. The fraction of sp³-hybridized carbons (Fsp3) is 0.320. The van der Waals surface area contributed by atoms with Gasteiger partial charge in [0, 0.05) is 18.4 Å². The molecule has 2 aromatic heterocycles. The van der Waals surface area contributed by atoms with E-state index in [1.54, 1.807) is 0 Å². The first-order valence-corrected chi connectivity index (χ1v) is 11.3. The third-order valence-electron chi connectivity index (χ3n) is 6.07. The van der Waals surface area contributed by atoms with Gasteiger partial charge in [0.25, 0.3) is 0 Å². The first-order valence-electron chi connectivity index (χ1n) is 11.3. The van der Waals surface area contributed by atoms with Crippen molar-refractivity contribution in [3.05, 3.63) is 71.3 Å². The summed E-state index contributed by atoms with van der Waals surface area (Å²) in [7, 11) is 0. The van der Waals surface area contributed by atoms with Gasteiger partial charge < -0.3 is 4.57 Å². The number of aromatic nitrogens is 6. The molecule has 0 fully saturated rings. The number of hydrogen-bond donors (Lipinski definition) is 1. The van der Waals surface area contributed by atoms with Gasteiger partial charge in [-0.25, -0.2) is 4.98 Å². The SMILES string of the molecule is CCCc1nc2c(n1Cc1ccccc1-c1ccccc1-c1nn[nH]n1)C(=O)CCCC2. The number of nitrogens with zero attached hydrogens (tertiary/aromatic N) is 5. The van der Waals surface area contributed by atoms with E-state index >= 15 is 0 Å². The average Bonchev–Trinajstić information content (AvgIpc) is 3.42. The Hall–Kier alpha value is -3.61. The summed E-state index contributed by atoms with van der Waals surface area (Å²) in [6.45, 7) is 2.77. The Labute approximate surface area is 186 Å². The molecule has 0 saturated heterocycles. The molecule has 5 rings (SSSR count). The zero-order valence-corrected chi connectivity index (χ0v) is 18.2. The van der Waals surface area contributed by atoms with E-state index in [1.807, 2.05) is 30.3 Å². The lowest BCUT2D eigenvalue weighted by Gasteiger charge is -2.16. The minimum Gasteiger partial charge on any atom is -0.321 e. The highest BCUT2D eigenvalue weighted by atomic mass is 16.1. The summed E-state index contributed by atoms with van der Waals surface area (Å²) in [6.07, 6.45) is 5.30. The summed E-state index contributed by atoms with van der Waals surface area (Å²) < 4.78 is 2.17. The summed E-state index contributed by atoms with van der Waals surface area (Å²) in [5, 5.41) is 14.6. The number of hydrogen-bond acceptors (Lipinski definition) is 5. The van der Waals surface area contributed by atoms with Crippen molar-refractivity contribution in [3.8, 4) is 22.5 Å². The van der Waals surface area contributed by atoms with Gasteiger partial charge in [0.2, 0.25) is 5.82 Å². The molecule has 32 heavy (non-hydrogen) atoms. The fourth-order valence-corrected chi connectivity index (χ4v) is 4.60. The van der Waals surface area contributed by atoms with Crippen molar-refractivity contribution in [2.45, 2.75) is 52.0 Å². The normalized spacial score (nSPS) is 13.7. The second kappa shape index (κ2) is 8.86. The van der Waals surface area contributed by atoms with Crippen LogP contribution in [0, 0.1) is 0 Å². The van der Waals surface area contributed by atoms with Crippen molar-refractivity contribution in [1.29, 1.82) is 0 Å². The Morgan fingerprint density at radius 1 is 0.969 bits per heavy atom. The van der Waals surface area contributed by atoms with E-state index in [-0.39, 0.29) is 5.78 Å². The second-order valence-electron chi connectivity index (χ2n) is 8.23. The van der Waals surface area contributed by atoms with Crippen molar-refractivity contribution < 1.29 is 4.79 Å². The number of rotatable bonds is 6. The maximum atomic E-state index is 13.0. The Kier molecular flexibility index (Phi) is 5.62. The van der Waals surface area contributed by atoms with Gasteiger partial charge in [0.1, 0.15) is 11.5 Å². The number of aromatic amines is 1. The number of Topliss-reactive ketones (excluding diaryl/α,β-unsaturated/α-hetero) is 1. The van der Waals surface area contributed by atoms with Gasteiger partial charge in [-0.2, -0.15) is 5.21 Å². The molecule has 0 bridgehead atoms. The molecule has 7 heteroatoms. The highest BCUT2D eigenvalue weighted by Crippen LogP contribution is 2.33. The van der Waals surface area contributed by atoms with Crippen LogP contribution in [0.15, 0.2) is 48.5 Å². The number of aryl methyl sites for hydroxylation is 2. The van der Waals surface area contributed by atoms with Crippen LogP contribution in [0.25, 0.3) is 22.5 Å². The van der Waals surface area contributed by atoms with Crippen LogP contribution in [0.1, 0.15) is 60.2 Å². The molecule has 7 nitrogen and oxygen atoms in total. The summed E-state index contributed by atoms with van der Waals surface area (Å²) in [5.41, 5.74) is 5.98. The molecule has 0 radical (unpaired) electrons. The lowest BCUT2D eigenvalue weighted by molar-refractivity contribution is 0.0973. The number of fused-ring (bicyclic) bond motifs is 1. The van der Waals surface area contributed by atoms with E-state index in [0.717, 1.165) is 71.6 Å². The largest absolute Gasteiger partial charge is 0.321 e. The highest BCUT2D eigenvalue weighted by molar-refractivity contribution is 5.96. The molecule has 4 aromatic rings. The maximum Gasteiger partial charge on any atom is 0.205 e. The molecule has 1 N–H and O–H groups in total. The molecule has 2 aromatic carbocycles. The highest BCUT2D eigenvalue weighted by Gasteiger charge is 2.25. The number of benzene rings is 2. The summed E-state index contributed by atoms with van der Waals surface area (Å²) in [6, 6.07) is 16.4. The topological polar surface area (TPSA) is 89.3 Å². The monoisotopic (exact) mass is 426 g/mol. The fourth-order valence-electron chi connectivity index (χ4n) is 4.60. The smallest absolute Gasteiger partial charge is 0.205 e. The molecule has 0 aliphatic heterocycles. The van der Waals surface area contributed by atoms with Crippen LogP contribution >= 0.6 is 0 Å². The molecule has 0 saturated carbocycles. The Balaban J connectivity index is 1.62. The first kappa shape index (κ1) is 20.3. The number of nitrogens with one attached hydrogen (secondary N) is 1. The Morgan fingerprint density at radius 3 is 2.50 bits per heavy atom. The van der Waals surface area contributed by atoms with Crippen LogP contribution in [0.3, 0.4) is 0 Å². The van der Waals surface area contributed by atoms with Crippen molar-refractivity contribution in [2.75, 3.05) is 0 Å². The third-order valence-corrected chi connectivity index (χ3v) is 6.07. The maximum absolute atomic E-state index is 13.0. The first-order chi connectivity index (χ1) is 15.8. The molecule has 0 unspecified atom stereocenters.